The summed E-state index contributed by atoms with van der Waals surface area (Å²) in [6.45, 7) is 5.24. The lowest BCUT2D eigenvalue weighted by atomic mass is 9.97. The first-order valence-corrected chi connectivity index (χ1v) is 8.64. The lowest BCUT2D eigenvalue weighted by molar-refractivity contribution is 0.466. The topological polar surface area (TPSA) is 74.8 Å². The van der Waals surface area contributed by atoms with Crippen molar-refractivity contribution in [3.05, 3.63) is 48.8 Å². The maximum Gasteiger partial charge on any atom is 0.162 e. The van der Waals surface area contributed by atoms with Gasteiger partial charge in [0.25, 0.3) is 0 Å². The second-order valence-electron chi connectivity index (χ2n) is 6.56. The Morgan fingerprint density at radius 2 is 1.68 bits per heavy atom. The molecule has 1 saturated heterocycles. The number of hydrogen-bond acceptors (Lipinski definition) is 6. The number of hydrogen-bond donors (Lipinski definition) is 3. The molecular formula is C19H22N6. The smallest absolute Gasteiger partial charge is 0.162 e. The number of hydrazine groups is 1. The van der Waals surface area contributed by atoms with Crippen molar-refractivity contribution in [2.24, 2.45) is 5.92 Å². The molecule has 6 nitrogen and oxygen atoms in total. The van der Waals surface area contributed by atoms with Crippen LogP contribution in [0.5, 0.6) is 0 Å². The second-order valence-corrected chi connectivity index (χ2v) is 6.56. The van der Waals surface area contributed by atoms with Crippen molar-refractivity contribution in [3.63, 3.8) is 0 Å². The van der Waals surface area contributed by atoms with Crippen LogP contribution in [0.15, 0.2) is 48.8 Å². The van der Waals surface area contributed by atoms with Crippen molar-refractivity contribution in [2.45, 2.75) is 25.9 Å². The van der Waals surface area contributed by atoms with Gasteiger partial charge < -0.3 is 5.32 Å². The molecule has 2 atom stereocenters. The van der Waals surface area contributed by atoms with Crippen LogP contribution in [0.4, 0.5) is 5.82 Å². The number of anilines is 1. The van der Waals surface area contributed by atoms with Crippen LogP contribution >= 0.6 is 0 Å². The fraction of sp³-hybridized carbons (Fsp3) is 0.316. The summed E-state index contributed by atoms with van der Waals surface area (Å²) in [6, 6.07) is 12.8. The minimum absolute atomic E-state index is 0.412. The SMILES string of the molecule is CC1NNC(C)C1CNc1nc(-c2ccncc2)nc2ccccc12. The minimum atomic E-state index is 0.412. The van der Waals surface area contributed by atoms with Gasteiger partial charge in [0.05, 0.1) is 5.52 Å². The quantitative estimate of drug-likeness (QED) is 0.681. The lowest BCUT2D eigenvalue weighted by Crippen LogP contribution is -2.30. The van der Waals surface area contributed by atoms with Crippen molar-refractivity contribution in [2.75, 3.05) is 11.9 Å². The molecule has 3 aromatic rings. The Bertz CT molecular complexity index is 856. The van der Waals surface area contributed by atoms with Crippen molar-refractivity contribution < 1.29 is 0 Å². The molecule has 3 heterocycles. The largest absolute Gasteiger partial charge is 0.369 e. The van der Waals surface area contributed by atoms with Gasteiger partial charge in [-0.1, -0.05) is 12.1 Å². The monoisotopic (exact) mass is 334 g/mol. The van der Waals surface area contributed by atoms with E-state index >= 15 is 0 Å². The van der Waals surface area contributed by atoms with Gasteiger partial charge in [-0.25, -0.2) is 9.97 Å². The molecule has 128 valence electrons. The molecule has 1 aromatic carbocycles. The highest BCUT2D eigenvalue weighted by atomic mass is 15.4. The number of fused-ring (bicyclic) bond motifs is 1. The molecule has 2 unspecified atom stereocenters. The highest BCUT2D eigenvalue weighted by molar-refractivity contribution is 5.90. The standard InChI is InChI=1S/C19H22N6/c1-12-16(13(2)25-24-12)11-21-19-15-5-3-4-6-17(15)22-18(23-19)14-7-9-20-10-8-14/h3-10,12-13,16,24-25H,11H2,1-2H3,(H,21,22,23). The zero-order valence-corrected chi connectivity index (χ0v) is 14.4. The molecule has 25 heavy (non-hydrogen) atoms. The third-order valence-electron chi connectivity index (χ3n) is 4.87. The number of rotatable bonds is 4. The van der Waals surface area contributed by atoms with E-state index in [1.54, 1.807) is 12.4 Å². The number of pyridine rings is 1. The van der Waals surface area contributed by atoms with Crippen LogP contribution in [0.25, 0.3) is 22.3 Å². The molecule has 0 bridgehead atoms. The Labute approximate surface area is 147 Å². The van der Waals surface area contributed by atoms with E-state index in [2.05, 4.69) is 41.1 Å². The van der Waals surface area contributed by atoms with Crippen LogP contribution in [0, 0.1) is 5.92 Å². The van der Waals surface area contributed by atoms with E-state index in [0.717, 1.165) is 28.8 Å². The van der Waals surface area contributed by atoms with Gasteiger partial charge in [0.2, 0.25) is 0 Å². The van der Waals surface area contributed by atoms with Crippen LogP contribution in [0.3, 0.4) is 0 Å². The predicted octanol–water partition coefficient (Wildman–Crippen LogP) is 2.60. The molecule has 1 aliphatic rings. The molecule has 0 saturated carbocycles. The summed E-state index contributed by atoms with van der Waals surface area (Å²) in [6.07, 6.45) is 3.53. The van der Waals surface area contributed by atoms with Crippen LogP contribution in [-0.4, -0.2) is 33.6 Å². The third kappa shape index (κ3) is 3.18. The maximum absolute atomic E-state index is 4.79. The Morgan fingerprint density at radius 1 is 0.960 bits per heavy atom. The fourth-order valence-electron chi connectivity index (χ4n) is 3.32. The zero-order valence-electron chi connectivity index (χ0n) is 14.4. The molecule has 2 aromatic heterocycles. The first-order valence-electron chi connectivity index (χ1n) is 8.64. The lowest BCUT2D eigenvalue weighted by Gasteiger charge is -2.19. The number of nitrogens with zero attached hydrogens (tertiary/aromatic N) is 3. The van der Waals surface area contributed by atoms with E-state index in [1.165, 1.54) is 0 Å². The molecule has 3 N–H and O–H groups in total. The molecule has 0 spiro atoms. The molecular weight excluding hydrogens is 312 g/mol. The Kier molecular flexibility index (Phi) is 4.29. The number of benzene rings is 1. The van der Waals surface area contributed by atoms with Crippen LogP contribution in [0.2, 0.25) is 0 Å². The van der Waals surface area contributed by atoms with Crippen LogP contribution < -0.4 is 16.2 Å². The predicted molar refractivity (Wildman–Crippen MR) is 99.9 cm³/mol. The van der Waals surface area contributed by atoms with E-state index in [1.807, 2.05) is 30.3 Å². The molecule has 1 fully saturated rings. The number of aromatic nitrogens is 3. The molecule has 0 radical (unpaired) electrons. The van der Waals surface area contributed by atoms with E-state index < -0.39 is 0 Å². The fourth-order valence-corrected chi connectivity index (χ4v) is 3.32. The summed E-state index contributed by atoms with van der Waals surface area (Å²) in [5.41, 5.74) is 8.51. The maximum atomic E-state index is 4.79. The van der Waals surface area contributed by atoms with Gasteiger partial charge in [0, 0.05) is 47.9 Å². The first kappa shape index (κ1) is 15.9. The van der Waals surface area contributed by atoms with Gasteiger partial charge in [-0.2, -0.15) is 0 Å². The van der Waals surface area contributed by atoms with Crippen molar-refractivity contribution in [1.82, 2.24) is 25.8 Å². The van der Waals surface area contributed by atoms with Gasteiger partial charge in [-0.15, -0.1) is 0 Å². The normalized spacial score (nSPS) is 23.0. The number of para-hydroxylation sites is 1. The highest BCUT2D eigenvalue weighted by Gasteiger charge is 2.29. The summed E-state index contributed by atoms with van der Waals surface area (Å²) in [7, 11) is 0. The van der Waals surface area contributed by atoms with Crippen molar-refractivity contribution in [1.29, 1.82) is 0 Å². The van der Waals surface area contributed by atoms with E-state index in [-0.39, 0.29) is 0 Å². The molecule has 6 heteroatoms. The van der Waals surface area contributed by atoms with E-state index in [9.17, 15) is 0 Å². The van der Waals surface area contributed by atoms with Gasteiger partial charge in [-0.05, 0) is 38.1 Å². The average molecular weight is 334 g/mol. The zero-order chi connectivity index (χ0) is 17.2. The first-order chi connectivity index (χ1) is 12.2. The van der Waals surface area contributed by atoms with Crippen molar-refractivity contribution in [3.8, 4) is 11.4 Å². The van der Waals surface area contributed by atoms with Gasteiger partial charge in [-0.3, -0.25) is 15.8 Å². The van der Waals surface area contributed by atoms with Gasteiger partial charge in [0.1, 0.15) is 5.82 Å². The minimum Gasteiger partial charge on any atom is -0.369 e. The Balaban J connectivity index is 1.69. The van der Waals surface area contributed by atoms with E-state index in [0.29, 0.717) is 23.8 Å². The molecule has 0 aliphatic carbocycles. The van der Waals surface area contributed by atoms with Crippen LogP contribution in [0.1, 0.15) is 13.8 Å². The Hall–Kier alpha value is -2.57. The van der Waals surface area contributed by atoms with Gasteiger partial charge in [0.15, 0.2) is 5.82 Å². The summed E-state index contributed by atoms with van der Waals surface area (Å²) in [4.78, 5) is 13.6. The second kappa shape index (κ2) is 6.74. The summed E-state index contributed by atoms with van der Waals surface area (Å²) in [5.74, 6) is 2.08. The van der Waals surface area contributed by atoms with E-state index in [4.69, 9.17) is 9.97 Å². The summed E-state index contributed by atoms with van der Waals surface area (Å²) in [5, 5.41) is 4.60. The molecule has 1 aliphatic heterocycles. The molecule has 0 amide bonds. The third-order valence-corrected chi connectivity index (χ3v) is 4.87. The van der Waals surface area contributed by atoms with Crippen molar-refractivity contribution >= 4 is 16.7 Å². The van der Waals surface area contributed by atoms with Gasteiger partial charge >= 0.3 is 0 Å². The summed E-state index contributed by atoms with van der Waals surface area (Å²) < 4.78 is 0. The Morgan fingerprint density at radius 3 is 2.44 bits per heavy atom. The number of nitrogens with one attached hydrogen (secondary N) is 3. The molecule has 4 rings (SSSR count). The highest BCUT2D eigenvalue weighted by Crippen LogP contribution is 2.25. The summed E-state index contributed by atoms with van der Waals surface area (Å²) >= 11 is 0. The van der Waals surface area contributed by atoms with Crippen LogP contribution in [-0.2, 0) is 0 Å². The average Bonchev–Trinajstić information content (AvgIpc) is 2.98.